The zero-order chi connectivity index (χ0) is 28.7. The van der Waals surface area contributed by atoms with Crippen LogP contribution >= 0.6 is 11.3 Å². The third-order valence-electron chi connectivity index (χ3n) is 6.81. The highest BCUT2D eigenvalue weighted by Gasteiger charge is 2.33. The number of fused-ring (bicyclic) bond motifs is 1. The lowest BCUT2D eigenvalue weighted by atomic mass is 10.0. The normalized spacial score (nSPS) is 19.2. The first-order valence-electron chi connectivity index (χ1n) is 13.1. The van der Waals surface area contributed by atoms with Gasteiger partial charge in [-0.3, -0.25) is 9.59 Å². The van der Waals surface area contributed by atoms with Crippen LogP contribution in [0.2, 0.25) is 0 Å². The van der Waals surface area contributed by atoms with Crippen molar-refractivity contribution in [1.29, 1.82) is 0 Å². The van der Waals surface area contributed by atoms with Crippen LogP contribution < -0.4 is 10.1 Å². The van der Waals surface area contributed by atoms with Crippen LogP contribution in [0.1, 0.15) is 32.3 Å². The van der Waals surface area contributed by atoms with Crippen molar-refractivity contribution in [3.63, 3.8) is 0 Å². The molecule has 0 unspecified atom stereocenters. The van der Waals surface area contributed by atoms with Gasteiger partial charge in [0, 0.05) is 37.2 Å². The molecule has 39 heavy (non-hydrogen) atoms. The van der Waals surface area contributed by atoms with Crippen molar-refractivity contribution in [1.82, 2.24) is 14.1 Å². The van der Waals surface area contributed by atoms with Crippen LogP contribution in [0.15, 0.2) is 39.9 Å². The van der Waals surface area contributed by atoms with Gasteiger partial charge in [0.2, 0.25) is 11.8 Å². The number of sulfonamides is 1. The van der Waals surface area contributed by atoms with Crippen molar-refractivity contribution in [2.45, 2.75) is 49.5 Å². The Morgan fingerprint density at radius 3 is 2.67 bits per heavy atom. The molecule has 0 fully saturated rings. The highest BCUT2D eigenvalue weighted by Crippen LogP contribution is 2.30. The molecule has 2 N–H and O–H groups in total. The SMILES string of the molecule is C[C@H]1CN([C@@H](C)CO)C(=O)Cc2cc(NC(=O)CCCN(C)C)ccc2O[C@@H]1CN(C)S(=O)(=O)c1cccs1. The second-order valence-corrected chi connectivity index (χ2v) is 13.6. The minimum absolute atomic E-state index is 0.0206. The van der Waals surface area contributed by atoms with E-state index in [0.717, 1.165) is 24.3 Å². The van der Waals surface area contributed by atoms with E-state index in [2.05, 4.69) is 5.32 Å². The minimum Gasteiger partial charge on any atom is -0.488 e. The largest absolute Gasteiger partial charge is 0.488 e. The third kappa shape index (κ3) is 8.24. The summed E-state index contributed by atoms with van der Waals surface area (Å²) in [5.41, 5.74) is 1.15. The zero-order valence-corrected chi connectivity index (χ0v) is 24.9. The standard InChI is InChI=1S/C27H40N4O6S2/c1-19-16-31(20(2)18-32)26(34)15-21-14-22(28-25(33)8-6-12-29(3)4)10-11-23(21)37-24(19)17-30(5)39(35,36)27-9-7-13-38-27/h7,9-11,13-14,19-20,24,32H,6,8,12,15-18H2,1-5H3,(H,28,33)/t19-,20-,24+/m0/s1. The molecule has 3 atom stereocenters. The number of anilines is 1. The van der Waals surface area contributed by atoms with Crippen LogP contribution in [0.25, 0.3) is 0 Å². The topological polar surface area (TPSA) is 119 Å². The first-order chi connectivity index (χ1) is 18.4. The molecule has 0 bridgehead atoms. The van der Waals surface area contributed by atoms with E-state index >= 15 is 0 Å². The first-order valence-corrected chi connectivity index (χ1v) is 15.4. The van der Waals surface area contributed by atoms with E-state index in [1.165, 1.54) is 11.4 Å². The van der Waals surface area contributed by atoms with Crippen LogP contribution in [-0.4, -0.2) is 99.0 Å². The number of rotatable bonds is 11. The van der Waals surface area contributed by atoms with E-state index in [9.17, 15) is 23.1 Å². The van der Waals surface area contributed by atoms with E-state index in [0.29, 0.717) is 30.0 Å². The summed E-state index contributed by atoms with van der Waals surface area (Å²) in [6.07, 6.45) is 0.541. The molecule has 0 spiro atoms. The molecule has 2 aromatic rings. The maximum atomic E-state index is 13.4. The van der Waals surface area contributed by atoms with E-state index in [1.54, 1.807) is 47.5 Å². The highest BCUT2D eigenvalue weighted by molar-refractivity contribution is 7.91. The number of likely N-dealkylation sites (N-methyl/N-ethyl adjacent to an activating group) is 1. The predicted octanol–water partition coefficient (Wildman–Crippen LogP) is 2.50. The Balaban J connectivity index is 1.89. The molecule has 0 aliphatic carbocycles. The lowest BCUT2D eigenvalue weighted by Crippen LogP contribution is -2.48. The van der Waals surface area contributed by atoms with E-state index in [1.807, 2.05) is 25.9 Å². The third-order valence-corrected chi connectivity index (χ3v) is 10.0. The average Bonchev–Trinajstić information content (AvgIpc) is 3.43. The number of thiophene rings is 1. The fourth-order valence-electron chi connectivity index (χ4n) is 4.42. The molecule has 12 heteroatoms. The second-order valence-electron chi connectivity index (χ2n) is 10.4. The lowest BCUT2D eigenvalue weighted by molar-refractivity contribution is -0.134. The number of aliphatic hydroxyl groups excluding tert-OH is 1. The summed E-state index contributed by atoms with van der Waals surface area (Å²) in [5.74, 6) is -0.0744. The van der Waals surface area contributed by atoms with Crippen molar-refractivity contribution in [3.8, 4) is 5.75 Å². The number of benzene rings is 1. The Bertz CT molecular complexity index is 1220. The fourth-order valence-corrected chi connectivity index (χ4v) is 6.80. The lowest BCUT2D eigenvalue weighted by Gasteiger charge is -2.33. The van der Waals surface area contributed by atoms with E-state index in [-0.39, 0.29) is 41.5 Å². The number of nitrogens with zero attached hydrogens (tertiary/aromatic N) is 3. The Kier molecular flexibility index (Phi) is 10.9. The number of aliphatic hydroxyl groups is 1. The summed E-state index contributed by atoms with van der Waals surface area (Å²) in [4.78, 5) is 29.5. The Morgan fingerprint density at radius 1 is 1.28 bits per heavy atom. The summed E-state index contributed by atoms with van der Waals surface area (Å²) in [6.45, 7) is 4.65. The number of carbonyl (C=O) groups excluding carboxylic acids is 2. The molecule has 10 nitrogen and oxygen atoms in total. The van der Waals surface area contributed by atoms with Gasteiger partial charge < -0.3 is 25.0 Å². The van der Waals surface area contributed by atoms with Crippen LogP contribution in [0.5, 0.6) is 5.75 Å². The maximum absolute atomic E-state index is 13.4. The number of amides is 2. The van der Waals surface area contributed by atoms with Crippen molar-refractivity contribution >= 4 is 38.9 Å². The summed E-state index contributed by atoms with van der Waals surface area (Å²) in [6, 6.07) is 8.02. The predicted molar refractivity (Wildman–Crippen MR) is 153 cm³/mol. The van der Waals surface area contributed by atoms with Crippen LogP contribution in [0, 0.1) is 5.92 Å². The van der Waals surface area contributed by atoms with Gasteiger partial charge in [-0.15, -0.1) is 11.3 Å². The summed E-state index contributed by atoms with van der Waals surface area (Å²) >= 11 is 1.15. The molecule has 0 saturated carbocycles. The molecule has 3 rings (SSSR count). The van der Waals surface area contributed by atoms with Gasteiger partial charge in [-0.25, -0.2) is 8.42 Å². The Morgan fingerprint density at radius 2 is 2.03 bits per heavy atom. The van der Waals surface area contributed by atoms with Crippen LogP contribution in [-0.2, 0) is 26.0 Å². The van der Waals surface area contributed by atoms with Crippen molar-refractivity contribution in [2.75, 3.05) is 52.7 Å². The molecule has 0 radical (unpaired) electrons. The molecule has 216 valence electrons. The van der Waals surface area contributed by atoms with Crippen LogP contribution in [0.3, 0.4) is 0 Å². The van der Waals surface area contributed by atoms with Gasteiger partial charge >= 0.3 is 0 Å². The molecule has 1 aromatic carbocycles. The van der Waals surface area contributed by atoms with Gasteiger partial charge in [0.15, 0.2) is 0 Å². The van der Waals surface area contributed by atoms with E-state index in [4.69, 9.17) is 4.74 Å². The maximum Gasteiger partial charge on any atom is 0.252 e. The van der Waals surface area contributed by atoms with Crippen molar-refractivity contribution in [2.24, 2.45) is 5.92 Å². The first kappa shape index (κ1) is 31.0. The number of carbonyl (C=O) groups is 2. The molecule has 2 heterocycles. The van der Waals surface area contributed by atoms with Gasteiger partial charge in [-0.1, -0.05) is 13.0 Å². The summed E-state index contributed by atoms with van der Waals surface area (Å²) in [5, 5.41) is 14.4. The Hall–Kier alpha value is -2.51. The number of hydrogen-bond acceptors (Lipinski definition) is 8. The number of nitrogens with one attached hydrogen (secondary N) is 1. The van der Waals surface area contributed by atoms with Gasteiger partial charge in [0.25, 0.3) is 10.0 Å². The van der Waals surface area contributed by atoms with Gasteiger partial charge in [-0.2, -0.15) is 4.31 Å². The summed E-state index contributed by atoms with van der Waals surface area (Å²) < 4.78 is 34.2. The van der Waals surface area contributed by atoms with Crippen molar-refractivity contribution < 1.29 is 27.9 Å². The fraction of sp³-hybridized carbons (Fsp3) is 0.556. The quantitative estimate of drug-likeness (QED) is 0.419. The monoisotopic (exact) mass is 580 g/mol. The minimum atomic E-state index is -3.70. The molecular formula is C27H40N4O6S2. The van der Waals surface area contributed by atoms with Gasteiger partial charge in [-0.05, 0) is 63.6 Å². The molecule has 2 amide bonds. The molecule has 1 aliphatic rings. The smallest absolute Gasteiger partial charge is 0.252 e. The van der Waals surface area contributed by atoms with Crippen molar-refractivity contribution in [3.05, 3.63) is 41.3 Å². The Labute approximate surface area is 235 Å². The molecular weight excluding hydrogens is 540 g/mol. The molecule has 0 saturated heterocycles. The van der Waals surface area contributed by atoms with Gasteiger partial charge in [0.05, 0.1) is 25.6 Å². The van der Waals surface area contributed by atoms with E-state index < -0.39 is 22.2 Å². The average molecular weight is 581 g/mol. The van der Waals surface area contributed by atoms with Crippen LogP contribution in [0.4, 0.5) is 5.69 Å². The molecule has 1 aromatic heterocycles. The number of ether oxygens (including phenoxy) is 1. The summed E-state index contributed by atoms with van der Waals surface area (Å²) in [7, 11) is 1.73. The highest BCUT2D eigenvalue weighted by atomic mass is 32.2. The molecule has 1 aliphatic heterocycles. The zero-order valence-electron chi connectivity index (χ0n) is 23.3. The van der Waals surface area contributed by atoms with Gasteiger partial charge in [0.1, 0.15) is 16.1 Å². The number of hydrogen-bond donors (Lipinski definition) is 2. The second kappa shape index (κ2) is 13.7.